The third-order valence-electron chi connectivity index (χ3n) is 10.1. The molecule has 0 aliphatic heterocycles. The number of fused-ring (bicyclic) bond motifs is 10. The van der Waals surface area contributed by atoms with E-state index in [4.69, 9.17) is 19.4 Å². The molecule has 0 spiro atoms. The standard InChI is InChI=1S/C47H27N3OS/c1-3-12-28(13-4-1)45-35-23-25-42-44(34-17-8-10-21-41(34)52-42)43(35)36-26-30(22-24-37(36)48-45)38-27-39(50-47(49-38)29-14-5-2-6-15-29)33-19-11-18-32-31-16-7-9-20-40(31)51-46(32)33/h1-27H. The number of benzene rings is 7. The Hall–Kier alpha value is -6.69. The number of nitrogens with zero attached hydrogens (tertiary/aromatic N) is 3. The van der Waals surface area contributed by atoms with E-state index in [9.17, 15) is 0 Å². The van der Waals surface area contributed by atoms with E-state index in [1.54, 1.807) is 0 Å². The monoisotopic (exact) mass is 681 g/mol. The van der Waals surface area contributed by atoms with Crippen molar-refractivity contribution in [2.24, 2.45) is 0 Å². The summed E-state index contributed by atoms with van der Waals surface area (Å²) in [5.41, 5.74) is 9.24. The molecule has 5 heteroatoms. The molecule has 4 heterocycles. The van der Waals surface area contributed by atoms with Crippen molar-refractivity contribution in [1.29, 1.82) is 0 Å². The van der Waals surface area contributed by atoms with E-state index in [2.05, 4.69) is 127 Å². The normalized spacial score (nSPS) is 11.8. The van der Waals surface area contributed by atoms with Crippen molar-refractivity contribution in [2.75, 3.05) is 0 Å². The van der Waals surface area contributed by atoms with Gasteiger partial charge in [-0.3, -0.25) is 0 Å². The van der Waals surface area contributed by atoms with E-state index < -0.39 is 0 Å². The maximum Gasteiger partial charge on any atom is 0.160 e. The summed E-state index contributed by atoms with van der Waals surface area (Å²) >= 11 is 1.84. The average molecular weight is 682 g/mol. The van der Waals surface area contributed by atoms with Gasteiger partial charge in [0, 0.05) is 69.4 Å². The van der Waals surface area contributed by atoms with Crippen LogP contribution in [-0.4, -0.2) is 15.0 Å². The number of hydrogen-bond donors (Lipinski definition) is 0. The maximum atomic E-state index is 6.48. The van der Waals surface area contributed by atoms with Gasteiger partial charge in [0.2, 0.25) is 0 Å². The lowest BCUT2D eigenvalue weighted by Gasteiger charge is -2.14. The highest BCUT2D eigenvalue weighted by Gasteiger charge is 2.19. The van der Waals surface area contributed by atoms with Crippen molar-refractivity contribution in [3.05, 3.63) is 164 Å². The van der Waals surface area contributed by atoms with Gasteiger partial charge in [-0.1, -0.05) is 121 Å². The lowest BCUT2D eigenvalue weighted by molar-refractivity contribution is 0.670. The summed E-state index contributed by atoms with van der Waals surface area (Å²) in [6.45, 7) is 0. The minimum atomic E-state index is 0.662. The Morgan fingerprint density at radius 2 is 1.15 bits per heavy atom. The summed E-state index contributed by atoms with van der Waals surface area (Å²) in [6, 6.07) is 57.1. The van der Waals surface area contributed by atoms with Gasteiger partial charge in [-0.2, -0.15) is 0 Å². The fraction of sp³-hybridized carbons (Fsp3) is 0. The molecule has 0 radical (unpaired) electrons. The highest BCUT2D eigenvalue weighted by Crippen LogP contribution is 2.44. The highest BCUT2D eigenvalue weighted by atomic mass is 32.1. The van der Waals surface area contributed by atoms with Gasteiger partial charge in [-0.25, -0.2) is 15.0 Å². The van der Waals surface area contributed by atoms with E-state index in [0.29, 0.717) is 5.82 Å². The van der Waals surface area contributed by atoms with E-state index in [1.165, 1.54) is 25.6 Å². The van der Waals surface area contributed by atoms with Gasteiger partial charge >= 0.3 is 0 Å². The molecule has 52 heavy (non-hydrogen) atoms. The summed E-state index contributed by atoms with van der Waals surface area (Å²) in [6.07, 6.45) is 0. The molecule has 0 saturated carbocycles. The third-order valence-corrected chi connectivity index (χ3v) is 11.2. The Labute approximate surface area is 302 Å². The van der Waals surface area contributed by atoms with Crippen LogP contribution in [0.1, 0.15) is 0 Å². The number of pyridine rings is 1. The zero-order valence-corrected chi connectivity index (χ0v) is 28.6. The van der Waals surface area contributed by atoms with Gasteiger partial charge in [0.1, 0.15) is 11.2 Å². The van der Waals surface area contributed by atoms with Gasteiger partial charge in [0.15, 0.2) is 5.82 Å². The van der Waals surface area contributed by atoms with Crippen LogP contribution in [0.25, 0.3) is 109 Å². The second-order valence-electron chi connectivity index (χ2n) is 13.1. The number of hydrogen-bond acceptors (Lipinski definition) is 5. The van der Waals surface area contributed by atoms with Crippen LogP contribution in [0.3, 0.4) is 0 Å². The molecular formula is C47H27N3OS. The number of furan rings is 1. The van der Waals surface area contributed by atoms with E-state index >= 15 is 0 Å². The molecule has 0 aliphatic rings. The molecule has 0 fully saturated rings. The summed E-state index contributed by atoms with van der Waals surface area (Å²) in [5.74, 6) is 0.662. The van der Waals surface area contributed by atoms with E-state index in [0.717, 1.165) is 77.6 Å². The van der Waals surface area contributed by atoms with Crippen LogP contribution in [0.5, 0.6) is 0 Å². The van der Waals surface area contributed by atoms with Crippen molar-refractivity contribution in [3.8, 4) is 45.2 Å². The molecule has 4 aromatic heterocycles. The van der Waals surface area contributed by atoms with Crippen LogP contribution >= 0.6 is 11.3 Å². The number of thiophene rings is 1. The second-order valence-corrected chi connectivity index (χ2v) is 14.2. The van der Waals surface area contributed by atoms with E-state index in [1.807, 2.05) is 47.7 Å². The fourth-order valence-corrected chi connectivity index (χ4v) is 8.80. The molecular weight excluding hydrogens is 655 g/mol. The van der Waals surface area contributed by atoms with Crippen molar-refractivity contribution in [3.63, 3.8) is 0 Å². The van der Waals surface area contributed by atoms with Gasteiger partial charge in [0.05, 0.1) is 22.6 Å². The predicted molar refractivity (Wildman–Crippen MR) is 217 cm³/mol. The third kappa shape index (κ3) is 4.50. The predicted octanol–water partition coefficient (Wildman–Crippen LogP) is 13.1. The first-order chi connectivity index (χ1) is 25.8. The molecule has 0 bridgehead atoms. The van der Waals surface area contributed by atoms with Crippen LogP contribution in [0.2, 0.25) is 0 Å². The lowest BCUT2D eigenvalue weighted by Crippen LogP contribution is -1.96. The van der Waals surface area contributed by atoms with E-state index in [-0.39, 0.29) is 0 Å². The van der Waals surface area contributed by atoms with Crippen LogP contribution in [0.15, 0.2) is 168 Å². The smallest absolute Gasteiger partial charge is 0.160 e. The summed E-state index contributed by atoms with van der Waals surface area (Å²) < 4.78 is 9.03. The Morgan fingerprint density at radius 3 is 2.02 bits per heavy atom. The van der Waals surface area contributed by atoms with Crippen molar-refractivity contribution in [2.45, 2.75) is 0 Å². The van der Waals surface area contributed by atoms with Crippen LogP contribution in [0.4, 0.5) is 0 Å². The summed E-state index contributed by atoms with van der Waals surface area (Å²) in [5, 5.41) is 8.14. The summed E-state index contributed by atoms with van der Waals surface area (Å²) in [7, 11) is 0. The summed E-state index contributed by atoms with van der Waals surface area (Å²) in [4.78, 5) is 15.7. The number of rotatable bonds is 4. The largest absolute Gasteiger partial charge is 0.455 e. The Bertz CT molecular complexity index is 3180. The van der Waals surface area contributed by atoms with Crippen LogP contribution < -0.4 is 0 Å². The fourth-order valence-electron chi connectivity index (χ4n) is 7.68. The first-order valence-electron chi connectivity index (χ1n) is 17.4. The lowest BCUT2D eigenvalue weighted by atomic mass is 9.95. The SMILES string of the molecule is c1ccc(-c2nc(-c3ccc4nc(-c5ccccc5)c5ccc6sc7ccccc7c6c5c4c3)cc(-c3cccc4c3oc3ccccc34)n2)cc1. The molecule has 11 aromatic rings. The molecule has 11 rings (SSSR count). The first-order valence-corrected chi connectivity index (χ1v) is 18.2. The van der Waals surface area contributed by atoms with Gasteiger partial charge in [-0.05, 0) is 42.5 Å². The Morgan fingerprint density at radius 1 is 0.423 bits per heavy atom. The molecule has 0 saturated heterocycles. The van der Waals surface area contributed by atoms with Gasteiger partial charge in [-0.15, -0.1) is 11.3 Å². The number of para-hydroxylation sites is 2. The minimum Gasteiger partial charge on any atom is -0.455 e. The second kappa shape index (κ2) is 11.4. The molecule has 0 atom stereocenters. The minimum absolute atomic E-state index is 0.662. The molecule has 0 unspecified atom stereocenters. The quantitative estimate of drug-likeness (QED) is 0.174. The van der Waals surface area contributed by atoms with Crippen molar-refractivity contribution < 1.29 is 4.42 Å². The number of aromatic nitrogens is 3. The highest BCUT2D eigenvalue weighted by molar-refractivity contribution is 7.26. The van der Waals surface area contributed by atoms with Crippen molar-refractivity contribution in [1.82, 2.24) is 15.0 Å². The topological polar surface area (TPSA) is 51.8 Å². The zero-order chi connectivity index (χ0) is 34.2. The first kappa shape index (κ1) is 29.1. The molecule has 242 valence electrons. The molecule has 7 aromatic carbocycles. The molecule has 0 aliphatic carbocycles. The van der Waals surface area contributed by atoms with Crippen molar-refractivity contribution >= 4 is 75.1 Å². The average Bonchev–Trinajstić information content (AvgIpc) is 3.79. The maximum absolute atomic E-state index is 6.48. The molecule has 4 nitrogen and oxygen atoms in total. The Kier molecular flexibility index (Phi) is 6.39. The van der Waals surface area contributed by atoms with Gasteiger partial charge < -0.3 is 4.42 Å². The zero-order valence-electron chi connectivity index (χ0n) is 27.7. The Balaban J connectivity index is 1.20. The van der Waals surface area contributed by atoms with Crippen LogP contribution in [0, 0.1) is 0 Å². The van der Waals surface area contributed by atoms with Gasteiger partial charge in [0.25, 0.3) is 0 Å². The van der Waals surface area contributed by atoms with Crippen LogP contribution in [-0.2, 0) is 0 Å². The molecule has 0 amide bonds. The molecule has 0 N–H and O–H groups in total.